The topological polar surface area (TPSA) is 29.8 Å². The lowest BCUT2D eigenvalue weighted by Gasteiger charge is -2.26. The average Bonchev–Trinajstić information content (AvgIpc) is 2.86. The Balaban J connectivity index is 1.97. The third-order valence-electron chi connectivity index (χ3n) is 4.25. The molecule has 0 amide bonds. The van der Waals surface area contributed by atoms with Gasteiger partial charge in [-0.15, -0.1) is 0 Å². The molecule has 1 heterocycles. The Morgan fingerprint density at radius 3 is 2.27 bits per heavy atom. The predicted molar refractivity (Wildman–Crippen MR) is 87.3 cm³/mol. The van der Waals surface area contributed by atoms with Crippen LogP contribution in [-0.4, -0.2) is 6.04 Å². The van der Waals surface area contributed by atoms with Gasteiger partial charge in [-0.05, 0) is 45.0 Å². The van der Waals surface area contributed by atoms with Crippen molar-refractivity contribution in [2.24, 2.45) is 0 Å². The van der Waals surface area contributed by atoms with Gasteiger partial charge in [-0.3, -0.25) is 0 Å². The molecular weight excluding hydrogens is 277 g/mol. The second-order valence-corrected chi connectivity index (χ2v) is 7.01. The fraction of sp³-hybridized carbons (Fsp3) is 0.474. The molecule has 0 aliphatic rings. The number of halogens is 1. The van der Waals surface area contributed by atoms with Gasteiger partial charge < -0.3 is 9.73 Å². The van der Waals surface area contributed by atoms with Gasteiger partial charge in [-0.2, -0.15) is 0 Å². The molecule has 0 saturated heterocycles. The van der Waals surface area contributed by atoms with Gasteiger partial charge >= 0.3 is 0 Å². The van der Waals surface area contributed by atoms with E-state index in [-0.39, 0.29) is 11.2 Å². The van der Waals surface area contributed by atoms with Crippen LogP contribution in [0.4, 0.5) is 4.39 Å². The molecule has 0 spiro atoms. The number of hydrogen-bond donors (Lipinski definition) is 1. The van der Waals surface area contributed by atoms with Crippen molar-refractivity contribution in [1.29, 1.82) is 0 Å². The van der Waals surface area contributed by atoms with E-state index in [4.69, 9.17) is 4.42 Å². The van der Waals surface area contributed by atoms with E-state index in [2.05, 4.69) is 39.1 Å². The zero-order chi connectivity index (χ0) is 16.3. The quantitative estimate of drug-likeness (QED) is 0.855. The first-order valence-electron chi connectivity index (χ1n) is 7.95. The molecule has 1 aromatic carbocycles. The van der Waals surface area contributed by atoms with Crippen LogP contribution in [0.5, 0.6) is 0 Å². The van der Waals surface area contributed by atoms with Gasteiger partial charge in [0.1, 0.15) is 23.4 Å². The number of aryl methyl sites for hydroxylation is 1. The van der Waals surface area contributed by atoms with Crippen molar-refractivity contribution < 1.29 is 14.1 Å². The molecule has 2 atom stereocenters. The summed E-state index contributed by atoms with van der Waals surface area (Å²) in [4.78, 5) is 0. The highest BCUT2D eigenvalue weighted by atomic mass is 19.1. The van der Waals surface area contributed by atoms with E-state index in [9.17, 15) is 4.39 Å². The van der Waals surface area contributed by atoms with E-state index in [1.807, 2.05) is 25.1 Å². The number of benzene rings is 1. The molecular formula is C19H27FNO+. The molecule has 2 nitrogen and oxygen atoms in total. The van der Waals surface area contributed by atoms with Crippen LogP contribution in [0, 0.1) is 12.7 Å². The second kappa shape index (κ2) is 6.66. The maximum absolute atomic E-state index is 13.0. The molecule has 3 heteroatoms. The van der Waals surface area contributed by atoms with Crippen molar-refractivity contribution in [3.8, 4) is 0 Å². The van der Waals surface area contributed by atoms with Gasteiger partial charge in [-0.1, -0.05) is 26.0 Å². The van der Waals surface area contributed by atoms with Crippen LogP contribution in [0.15, 0.2) is 40.8 Å². The molecule has 120 valence electrons. The van der Waals surface area contributed by atoms with Gasteiger partial charge in [0.15, 0.2) is 0 Å². The molecule has 0 fully saturated rings. The summed E-state index contributed by atoms with van der Waals surface area (Å²) in [5, 5.41) is 2.34. The number of furan rings is 1. The standard InChI is InChI=1S/C19H26FNO/c1-13(12-19(4,5)18-11-6-14(2)22-18)21-15(3)16-7-9-17(20)10-8-16/h6-11,13,15,21H,12H2,1-5H3/p+1/t13-,15-/m0/s1. The second-order valence-electron chi connectivity index (χ2n) is 7.01. The summed E-state index contributed by atoms with van der Waals surface area (Å²) in [6, 6.07) is 11.6. The number of rotatable bonds is 6. The number of nitrogens with two attached hydrogens (primary N) is 1. The summed E-state index contributed by atoms with van der Waals surface area (Å²) in [6.45, 7) is 10.8. The predicted octanol–water partition coefficient (Wildman–Crippen LogP) is 4.11. The van der Waals surface area contributed by atoms with Gasteiger partial charge in [0.25, 0.3) is 0 Å². The zero-order valence-electron chi connectivity index (χ0n) is 14.2. The van der Waals surface area contributed by atoms with Crippen molar-refractivity contribution in [3.63, 3.8) is 0 Å². The van der Waals surface area contributed by atoms with Crippen molar-refractivity contribution in [3.05, 3.63) is 59.3 Å². The van der Waals surface area contributed by atoms with Crippen molar-refractivity contribution in [2.45, 2.75) is 58.5 Å². The molecule has 22 heavy (non-hydrogen) atoms. The highest BCUT2D eigenvalue weighted by molar-refractivity contribution is 5.18. The molecule has 0 aliphatic heterocycles. The smallest absolute Gasteiger partial charge is 0.123 e. The van der Waals surface area contributed by atoms with Crippen LogP contribution < -0.4 is 5.32 Å². The summed E-state index contributed by atoms with van der Waals surface area (Å²) in [5.41, 5.74) is 1.16. The molecule has 0 bridgehead atoms. The van der Waals surface area contributed by atoms with E-state index in [1.54, 1.807) is 0 Å². The molecule has 0 aliphatic carbocycles. The maximum atomic E-state index is 13.0. The van der Waals surface area contributed by atoms with Gasteiger partial charge in [0, 0.05) is 17.4 Å². The van der Waals surface area contributed by atoms with E-state index < -0.39 is 0 Å². The van der Waals surface area contributed by atoms with Gasteiger partial charge in [0.05, 0.1) is 6.04 Å². The molecule has 2 N–H and O–H groups in total. The minimum Gasteiger partial charge on any atom is -0.466 e. The number of quaternary nitrogens is 1. The first-order valence-corrected chi connectivity index (χ1v) is 7.95. The van der Waals surface area contributed by atoms with Crippen LogP contribution in [0.2, 0.25) is 0 Å². The highest BCUT2D eigenvalue weighted by Crippen LogP contribution is 2.29. The summed E-state index contributed by atoms with van der Waals surface area (Å²) in [6.07, 6.45) is 1.02. The SMILES string of the molecule is Cc1ccc(C(C)(C)C[C@H](C)[NH2+][C@@H](C)c2ccc(F)cc2)o1. The third-order valence-corrected chi connectivity index (χ3v) is 4.25. The molecule has 0 radical (unpaired) electrons. The molecule has 0 saturated carbocycles. The fourth-order valence-corrected chi connectivity index (χ4v) is 3.14. The monoisotopic (exact) mass is 304 g/mol. The Hall–Kier alpha value is -1.61. The summed E-state index contributed by atoms with van der Waals surface area (Å²) >= 11 is 0. The van der Waals surface area contributed by atoms with Crippen LogP contribution in [-0.2, 0) is 5.41 Å². The largest absolute Gasteiger partial charge is 0.466 e. The summed E-state index contributed by atoms with van der Waals surface area (Å²) in [7, 11) is 0. The van der Waals surface area contributed by atoms with E-state index in [0.29, 0.717) is 12.1 Å². The molecule has 1 aromatic heterocycles. The van der Waals surface area contributed by atoms with Gasteiger partial charge in [0.2, 0.25) is 0 Å². The minimum absolute atomic E-state index is 0.00664. The van der Waals surface area contributed by atoms with E-state index in [0.717, 1.165) is 23.5 Å². The molecule has 0 unspecified atom stereocenters. The summed E-state index contributed by atoms with van der Waals surface area (Å²) in [5.74, 6) is 1.82. The average molecular weight is 304 g/mol. The van der Waals surface area contributed by atoms with Gasteiger partial charge in [-0.25, -0.2) is 4.39 Å². The Morgan fingerprint density at radius 1 is 1.09 bits per heavy atom. The Kier molecular flexibility index (Phi) is 5.07. The lowest BCUT2D eigenvalue weighted by molar-refractivity contribution is -0.723. The van der Waals surface area contributed by atoms with E-state index in [1.165, 1.54) is 12.1 Å². The van der Waals surface area contributed by atoms with Crippen LogP contribution in [0.1, 0.15) is 57.2 Å². The highest BCUT2D eigenvalue weighted by Gasteiger charge is 2.29. The van der Waals surface area contributed by atoms with Crippen LogP contribution in [0.25, 0.3) is 0 Å². The lowest BCUT2D eigenvalue weighted by atomic mass is 9.83. The zero-order valence-corrected chi connectivity index (χ0v) is 14.2. The summed E-state index contributed by atoms with van der Waals surface area (Å²) < 4.78 is 18.8. The van der Waals surface area contributed by atoms with Crippen molar-refractivity contribution in [1.82, 2.24) is 0 Å². The van der Waals surface area contributed by atoms with E-state index >= 15 is 0 Å². The Morgan fingerprint density at radius 2 is 1.73 bits per heavy atom. The van der Waals surface area contributed by atoms with Crippen molar-refractivity contribution >= 4 is 0 Å². The molecule has 2 aromatic rings. The third kappa shape index (κ3) is 4.20. The minimum atomic E-state index is -0.182. The fourth-order valence-electron chi connectivity index (χ4n) is 3.14. The van der Waals surface area contributed by atoms with Crippen LogP contribution in [0.3, 0.4) is 0 Å². The first kappa shape index (κ1) is 16.8. The van der Waals surface area contributed by atoms with Crippen molar-refractivity contribution in [2.75, 3.05) is 0 Å². The Bertz CT molecular complexity index is 600. The number of hydrogen-bond acceptors (Lipinski definition) is 1. The van der Waals surface area contributed by atoms with Crippen LogP contribution >= 0.6 is 0 Å². The maximum Gasteiger partial charge on any atom is 0.123 e. The Labute approximate surface area is 132 Å². The normalized spacial score (nSPS) is 14.8. The molecule has 2 rings (SSSR count). The lowest BCUT2D eigenvalue weighted by Crippen LogP contribution is -2.90. The first-order chi connectivity index (χ1) is 10.3.